The van der Waals surface area contributed by atoms with Gasteiger partial charge in [0, 0.05) is 0 Å². The summed E-state index contributed by atoms with van der Waals surface area (Å²) in [4.78, 5) is 10.8. The molecule has 0 aliphatic heterocycles. The van der Waals surface area contributed by atoms with Crippen molar-refractivity contribution in [2.75, 3.05) is 0 Å². The van der Waals surface area contributed by atoms with Gasteiger partial charge in [-0.1, -0.05) is 52.4 Å². The van der Waals surface area contributed by atoms with E-state index < -0.39 is 5.97 Å². The molecule has 118 valence electrons. The van der Waals surface area contributed by atoms with Gasteiger partial charge in [0.05, 0.1) is 12.0 Å². The number of aliphatic hydroxyl groups is 1. The van der Waals surface area contributed by atoms with Crippen molar-refractivity contribution in [1.82, 2.24) is 0 Å². The van der Waals surface area contributed by atoms with Gasteiger partial charge in [0.25, 0.3) is 0 Å². The van der Waals surface area contributed by atoms with Gasteiger partial charge in [-0.2, -0.15) is 0 Å². The average Bonchev–Trinajstić information content (AvgIpc) is 2.45. The lowest BCUT2D eigenvalue weighted by Gasteiger charge is -2.31. The second-order valence-corrected chi connectivity index (χ2v) is 6.66. The van der Waals surface area contributed by atoms with E-state index in [9.17, 15) is 9.90 Å². The van der Waals surface area contributed by atoms with Gasteiger partial charge in [-0.3, -0.25) is 4.79 Å². The fourth-order valence-corrected chi connectivity index (χ4v) is 3.32. The molecule has 0 aromatic carbocycles. The van der Waals surface area contributed by atoms with Gasteiger partial charge in [-0.25, -0.2) is 0 Å². The molecule has 2 atom stereocenters. The monoisotopic (exact) mass is 284 g/mol. The molecule has 1 aliphatic carbocycles. The molecule has 1 saturated carbocycles. The van der Waals surface area contributed by atoms with Crippen LogP contribution in [0.1, 0.15) is 78.1 Å². The van der Waals surface area contributed by atoms with Crippen LogP contribution >= 0.6 is 0 Å². The number of hydrogen-bond donors (Lipinski definition) is 2. The zero-order chi connectivity index (χ0) is 15.0. The minimum atomic E-state index is -0.753. The molecule has 2 N–H and O–H groups in total. The first kappa shape index (κ1) is 17.5. The summed E-state index contributed by atoms with van der Waals surface area (Å²) in [7, 11) is 0. The van der Waals surface area contributed by atoms with Gasteiger partial charge in [0.2, 0.25) is 0 Å². The van der Waals surface area contributed by atoms with Crippen molar-refractivity contribution >= 4 is 5.97 Å². The second-order valence-electron chi connectivity index (χ2n) is 6.66. The summed E-state index contributed by atoms with van der Waals surface area (Å²) in [5.41, 5.74) is 0. The Labute approximate surface area is 123 Å². The van der Waals surface area contributed by atoms with E-state index in [4.69, 9.17) is 5.11 Å². The smallest absolute Gasteiger partial charge is 0.306 e. The van der Waals surface area contributed by atoms with E-state index in [2.05, 4.69) is 6.92 Å². The van der Waals surface area contributed by atoms with Crippen molar-refractivity contribution in [2.45, 2.75) is 84.2 Å². The minimum absolute atomic E-state index is 0.298. The molecule has 0 aromatic heterocycles. The van der Waals surface area contributed by atoms with Crippen LogP contribution in [-0.4, -0.2) is 22.3 Å². The van der Waals surface area contributed by atoms with Crippen molar-refractivity contribution in [2.24, 2.45) is 17.8 Å². The lowest BCUT2D eigenvalue weighted by molar-refractivity contribution is -0.141. The van der Waals surface area contributed by atoms with Gasteiger partial charge in [-0.05, 0) is 37.5 Å². The van der Waals surface area contributed by atoms with Crippen LogP contribution in [-0.2, 0) is 4.79 Å². The molecule has 1 fully saturated rings. The Kier molecular flexibility index (Phi) is 8.20. The number of aliphatic carboxylic acids is 1. The van der Waals surface area contributed by atoms with Crippen LogP contribution in [0.2, 0.25) is 0 Å². The van der Waals surface area contributed by atoms with Crippen molar-refractivity contribution in [3.63, 3.8) is 0 Å². The summed E-state index contributed by atoms with van der Waals surface area (Å²) < 4.78 is 0. The Hall–Kier alpha value is -0.570. The Balaban J connectivity index is 2.18. The molecular weight excluding hydrogens is 252 g/mol. The lowest BCUT2D eigenvalue weighted by atomic mass is 9.76. The van der Waals surface area contributed by atoms with Crippen molar-refractivity contribution in [1.29, 1.82) is 0 Å². The molecule has 0 spiro atoms. The quantitative estimate of drug-likeness (QED) is 0.623. The number of aliphatic hydroxyl groups excluding tert-OH is 1. The van der Waals surface area contributed by atoms with E-state index >= 15 is 0 Å². The zero-order valence-electron chi connectivity index (χ0n) is 13.2. The highest BCUT2D eigenvalue weighted by molar-refractivity contribution is 5.69. The first-order valence-corrected chi connectivity index (χ1v) is 8.45. The maximum Gasteiger partial charge on any atom is 0.306 e. The molecule has 0 saturated heterocycles. The maximum atomic E-state index is 10.8. The Morgan fingerprint density at radius 2 is 1.80 bits per heavy atom. The van der Waals surface area contributed by atoms with E-state index in [0.29, 0.717) is 18.8 Å². The highest BCUT2D eigenvalue weighted by atomic mass is 16.4. The molecule has 2 unspecified atom stereocenters. The molecule has 3 heteroatoms. The second kappa shape index (κ2) is 9.38. The van der Waals surface area contributed by atoms with Crippen LogP contribution in [0.5, 0.6) is 0 Å². The first-order valence-electron chi connectivity index (χ1n) is 8.45. The van der Waals surface area contributed by atoms with Crippen LogP contribution < -0.4 is 0 Å². The molecule has 0 aromatic rings. The lowest BCUT2D eigenvalue weighted by Crippen LogP contribution is -2.26. The highest BCUT2D eigenvalue weighted by Gasteiger charge is 2.26. The predicted octanol–water partition coefficient (Wildman–Crippen LogP) is 4.23. The van der Waals surface area contributed by atoms with Gasteiger partial charge < -0.3 is 10.2 Å². The normalized spacial score (nSPS) is 26.1. The number of carboxylic acids is 1. The van der Waals surface area contributed by atoms with Crippen LogP contribution in [0.25, 0.3) is 0 Å². The Bertz CT molecular complexity index is 269. The molecule has 20 heavy (non-hydrogen) atoms. The fourth-order valence-electron chi connectivity index (χ4n) is 3.32. The number of rotatable bonds is 9. The average molecular weight is 284 g/mol. The maximum absolute atomic E-state index is 10.8. The molecule has 0 bridgehead atoms. The molecule has 1 rings (SSSR count). The minimum Gasteiger partial charge on any atom is -0.481 e. The van der Waals surface area contributed by atoms with Crippen molar-refractivity contribution in [3.05, 3.63) is 0 Å². The van der Waals surface area contributed by atoms with Crippen LogP contribution in [0, 0.1) is 17.8 Å². The summed E-state index contributed by atoms with van der Waals surface area (Å²) >= 11 is 0. The Morgan fingerprint density at radius 3 is 2.35 bits per heavy atom. The van der Waals surface area contributed by atoms with Crippen LogP contribution in [0.3, 0.4) is 0 Å². The van der Waals surface area contributed by atoms with Gasteiger partial charge in [0.1, 0.15) is 0 Å². The van der Waals surface area contributed by atoms with E-state index in [1.165, 1.54) is 38.5 Å². The summed E-state index contributed by atoms with van der Waals surface area (Å²) in [5, 5.41) is 19.1. The van der Waals surface area contributed by atoms with E-state index in [1.807, 2.05) is 0 Å². The fraction of sp³-hybridized carbons (Fsp3) is 0.941. The van der Waals surface area contributed by atoms with Crippen LogP contribution in [0.4, 0.5) is 0 Å². The highest BCUT2D eigenvalue weighted by Crippen LogP contribution is 2.34. The topological polar surface area (TPSA) is 57.5 Å². The number of carboxylic acid groups (broad SMARTS) is 1. The molecule has 0 amide bonds. The van der Waals surface area contributed by atoms with Crippen molar-refractivity contribution < 1.29 is 15.0 Å². The summed E-state index contributed by atoms with van der Waals surface area (Å²) in [6, 6.07) is 0. The predicted molar refractivity (Wildman–Crippen MR) is 81.6 cm³/mol. The van der Waals surface area contributed by atoms with E-state index in [-0.39, 0.29) is 12.0 Å². The first-order chi connectivity index (χ1) is 9.54. The van der Waals surface area contributed by atoms with E-state index in [0.717, 1.165) is 18.8 Å². The zero-order valence-corrected chi connectivity index (χ0v) is 13.2. The summed E-state index contributed by atoms with van der Waals surface area (Å²) in [5.74, 6) is 0.174. The van der Waals surface area contributed by atoms with Gasteiger partial charge >= 0.3 is 5.97 Å². The van der Waals surface area contributed by atoms with E-state index in [1.54, 1.807) is 6.92 Å². The standard InChI is InChI=1S/C17H32O3/c1-3-4-5-6-14-8-10-15(11-9-14)16(18)12-7-13(2)17(19)20/h13-16,18H,3-12H2,1-2H3,(H,19,20). The molecule has 0 radical (unpaired) electrons. The summed E-state index contributed by atoms with van der Waals surface area (Å²) in [6.07, 6.45) is 11.0. The number of unbranched alkanes of at least 4 members (excludes halogenated alkanes) is 2. The van der Waals surface area contributed by atoms with Gasteiger partial charge in [0.15, 0.2) is 0 Å². The van der Waals surface area contributed by atoms with Crippen molar-refractivity contribution in [3.8, 4) is 0 Å². The number of carbonyl (C=O) groups is 1. The summed E-state index contributed by atoms with van der Waals surface area (Å²) in [6.45, 7) is 3.96. The van der Waals surface area contributed by atoms with Gasteiger partial charge in [-0.15, -0.1) is 0 Å². The largest absolute Gasteiger partial charge is 0.481 e. The number of hydrogen-bond acceptors (Lipinski definition) is 2. The SMILES string of the molecule is CCCCCC1CCC(C(O)CCC(C)C(=O)O)CC1. The molecule has 0 heterocycles. The molecule has 3 nitrogen and oxygen atoms in total. The third kappa shape index (κ3) is 6.25. The third-order valence-electron chi connectivity index (χ3n) is 4.97. The molecule has 1 aliphatic rings. The molecular formula is C17H32O3. The third-order valence-corrected chi connectivity index (χ3v) is 4.97. The Morgan fingerprint density at radius 1 is 1.15 bits per heavy atom. The van der Waals surface area contributed by atoms with Crippen LogP contribution in [0.15, 0.2) is 0 Å².